The molecule has 0 aliphatic carbocycles. The molecule has 0 saturated heterocycles. The number of H-pyrrole nitrogens is 1. The second-order valence-corrected chi connectivity index (χ2v) is 4.86. The molecule has 2 aromatic heterocycles. The minimum Gasteiger partial charge on any atom is -0.403 e. The standard InChI is InChI=1S/C16H8F2N2O2/c17-8-1-3-13-10(5-8)12(7-19-13)15-20-14-4-2-9(18)6-11(14)16(21)22-15/h1-7,19H. The van der Waals surface area contributed by atoms with E-state index in [0.29, 0.717) is 22.0 Å². The molecule has 22 heavy (non-hydrogen) atoms. The molecule has 6 heteroatoms. The summed E-state index contributed by atoms with van der Waals surface area (Å²) >= 11 is 0. The molecule has 1 N–H and O–H groups in total. The normalized spacial score (nSPS) is 11.4. The second-order valence-electron chi connectivity index (χ2n) is 4.86. The Bertz CT molecular complexity index is 1080. The number of nitrogens with zero attached hydrogens (tertiary/aromatic N) is 1. The summed E-state index contributed by atoms with van der Waals surface area (Å²) in [6.07, 6.45) is 1.59. The van der Waals surface area contributed by atoms with E-state index in [-0.39, 0.29) is 11.3 Å². The summed E-state index contributed by atoms with van der Waals surface area (Å²) in [6, 6.07) is 7.94. The highest BCUT2D eigenvalue weighted by molar-refractivity contribution is 5.94. The molecule has 2 heterocycles. The molecule has 4 aromatic rings. The third-order valence-corrected chi connectivity index (χ3v) is 3.46. The van der Waals surface area contributed by atoms with Crippen molar-refractivity contribution in [3.05, 3.63) is 64.6 Å². The number of hydrogen-bond acceptors (Lipinski definition) is 3. The van der Waals surface area contributed by atoms with E-state index in [1.54, 1.807) is 12.3 Å². The Morgan fingerprint density at radius 3 is 2.55 bits per heavy atom. The van der Waals surface area contributed by atoms with Gasteiger partial charge in [-0.25, -0.2) is 18.6 Å². The van der Waals surface area contributed by atoms with Gasteiger partial charge in [-0.2, -0.15) is 0 Å². The first-order valence-corrected chi connectivity index (χ1v) is 6.49. The van der Waals surface area contributed by atoms with Crippen molar-refractivity contribution in [2.45, 2.75) is 0 Å². The van der Waals surface area contributed by atoms with Crippen molar-refractivity contribution in [2.24, 2.45) is 0 Å². The van der Waals surface area contributed by atoms with Crippen LogP contribution >= 0.6 is 0 Å². The minimum absolute atomic E-state index is 0.0564. The molecule has 0 aliphatic heterocycles. The van der Waals surface area contributed by atoms with Crippen LogP contribution in [-0.2, 0) is 0 Å². The highest BCUT2D eigenvalue weighted by Gasteiger charge is 2.14. The summed E-state index contributed by atoms with van der Waals surface area (Å²) in [5, 5.41) is 0.617. The number of aromatic amines is 1. The van der Waals surface area contributed by atoms with Crippen LogP contribution in [0.2, 0.25) is 0 Å². The second kappa shape index (κ2) is 4.49. The molecule has 2 aromatic carbocycles. The SMILES string of the molecule is O=c1oc(-c2c[nH]c3ccc(F)cc23)nc2ccc(F)cc12. The van der Waals surface area contributed by atoms with Gasteiger partial charge in [0.15, 0.2) is 0 Å². The molecule has 0 radical (unpaired) electrons. The third kappa shape index (κ3) is 1.88. The lowest BCUT2D eigenvalue weighted by Crippen LogP contribution is -2.03. The molecule has 0 bridgehead atoms. The Hall–Kier alpha value is -3.02. The number of nitrogens with one attached hydrogen (secondary N) is 1. The van der Waals surface area contributed by atoms with Crippen LogP contribution in [0.5, 0.6) is 0 Å². The Morgan fingerprint density at radius 2 is 1.73 bits per heavy atom. The molecule has 0 amide bonds. The lowest BCUT2D eigenvalue weighted by molar-refractivity contribution is 0.518. The van der Waals surface area contributed by atoms with E-state index in [9.17, 15) is 13.6 Å². The van der Waals surface area contributed by atoms with Gasteiger partial charge in [0.1, 0.15) is 11.6 Å². The van der Waals surface area contributed by atoms with Crippen LogP contribution in [0.4, 0.5) is 8.78 Å². The van der Waals surface area contributed by atoms with Gasteiger partial charge in [0.2, 0.25) is 5.89 Å². The Labute approximate surface area is 122 Å². The van der Waals surface area contributed by atoms with Gasteiger partial charge in [0.05, 0.1) is 16.5 Å². The van der Waals surface area contributed by atoms with Crippen molar-refractivity contribution in [3.63, 3.8) is 0 Å². The molecule has 108 valence electrons. The fourth-order valence-corrected chi connectivity index (χ4v) is 2.43. The average Bonchev–Trinajstić information content (AvgIpc) is 2.91. The van der Waals surface area contributed by atoms with E-state index in [1.165, 1.54) is 24.3 Å². The molecule has 0 saturated carbocycles. The molecule has 0 atom stereocenters. The topological polar surface area (TPSA) is 58.9 Å². The van der Waals surface area contributed by atoms with Gasteiger partial charge in [-0.05, 0) is 36.4 Å². The Balaban J connectivity index is 2.02. The number of fused-ring (bicyclic) bond motifs is 2. The zero-order valence-electron chi connectivity index (χ0n) is 11.1. The third-order valence-electron chi connectivity index (χ3n) is 3.46. The van der Waals surface area contributed by atoms with E-state index in [1.807, 2.05) is 0 Å². The first-order chi connectivity index (χ1) is 10.6. The summed E-state index contributed by atoms with van der Waals surface area (Å²) in [5.41, 5.74) is 0.793. The maximum absolute atomic E-state index is 13.4. The molecular formula is C16H8F2N2O2. The van der Waals surface area contributed by atoms with Gasteiger partial charge in [-0.1, -0.05) is 0 Å². The van der Waals surface area contributed by atoms with Crippen molar-refractivity contribution in [2.75, 3.05) is 0 Å². The van der Waals surface area contributed by atoms with Gasteiger partial charge in [0, 0.05) is 17.1 Å². The fraction of sp³-hybridized carbons (Fsp3) is 0. The largest absolute Gasteiger partial charge is 0.403 e. The van der Waals surface area contributed by atoms with Crippen molar-refractivity contribution in [3.8, 4) is 11.5 Å². The van der Waals surface area contributed by atoms with Crippen LogP contribution in [0.3, 0.4) is 0 Å². The molecule has 0 fully saturated rings. The van der Waals surface area contributed by atoms with Crippen molar-refractivity contribution in [1.29, 1.82) is 0 Å². The minimum atomic E-state index is -0.690. The first-order valence-electron chi connectivity index (χ1n) is 6.49. The molecular weight excluding hydrogens is 290 g/mol. The van der Waals surface area contributed by atoms with Crippen LogP contribution in [0, 0.1) is 11.6 Å². The van der Waals surface area contributed by atoms with E-state index < -0.39 is 17.3 Å². The monoisotopic (exact) mass is 298 g/mol. The van der Waals surface area contributed by atoms with Gasteiger partial charge in [0.25, 0.3) is 0 Å². The molecule has 4 nitrogen and oxygen atoms in total. The van der Waals surface area contributed by atoms with Gasteiger partial charge in [-0.3, -0.25) is 0 Å². The lowest BCUT2D eigenvalue weighted by Gasteiger charge is -2.01. The average molecular weight is 298 g/mol. The Morgan fingerprint density at radius 1 is 1.00 bits per heavy atom. The van der Waals surface area contributed by atoms with E-state index in [4.69, 9.17) is 4.42 Å². The summed E-state index contributed by atoms with van der Waals surface area (Å²) in [4.78, 5) is 19.2. The highest BCUT2D eigenvalue weighted by atomic mass is 19.1. The molecule has 0 spiro atoms. The van der Waals surface area contributed by atoms with Crippen LogP contribution in [-0.4, -0.2) is 9.97 Å². The first kappa shape index (κ1) is 12.7. The summed E-state index contributed by atoms with van der Waals surface area (Å²) in [6.45, 7) is 0. The molecule has 0 unspecified atom stereocenters. The zero-order valence-corrected chi connectivity index (χ0v) is 11.1. The maximum Gasteiger partial charge on any atom is 0.347 e. The van der Waals surface area contributed by atoms with E-state index in [0.717, 1.165) is 6.07 Å². The number of aromatic nitrogens is 2. The molecule has 0 aliphatic rings. The number of benzene rings is 2. The summed E-state index contributed by atoms with van der Waals surface area (Å²) < 4.78 is 31.8. The zero-order chi connectivity index (χ0) is 15.3. The van der Waals surface area contributed by atoms with Crippen LogP contribution in [0.1, 0.15) is 0 Å². The summed E-state index contributed by atoms with van der Waals surface area (Å²) in [5.74, 6) is -0.886. The highest BCUT2D eigenvalue weighted by Crippen LogP contribution is 2.28. The van der Waals surface area contributed by atoms with E-state index >= 15 is 0 Å². The lowest BCUT2D eigenvalue weighted by atomic mass is 10.1. The van der Waals surface area contributed by atoms with Crippen molar-refractivity contribution >= 4 is 21.8 Å². The quantitative estimate of drug-likeness (QED) is 0.584. The predicted molar refractivity (Wildman–Crippen MR) is 77.5 cm³/mol. The maximum atomic E-state index is 13.4. The van der Waals surface area contributed by atoms with Crippen LogP contribution < -0.4 is 5.63 Å². The smallest absolute Gasteiger partial charge is 0.347 e. The number of hydrogen-bond donors (Lipinski definition) is 1. The predicted octanol–water partition coefficient (Wildman–Crippen LogP) is 3.61. The molecule has 4 rings (SSSR count). The summed E-state index contributed by atoms with van der Waals surface area (Å²) in [7, 11) is 0. The van der Waals surface area contributed by atoms with Crippen LogP contribution in [0.25, 0.3) is 33.3 Å². The van der Waals surface area contributed by atoms with Gasteiger partial charge < -0.3 is 9.40 Å². The number of halogens is 2. The van der Waals surface area contributed by atoms with E-state index in [2.05, 4.69) is 9.97 Å². The Kier molecular flexibility index (Phi) is 2.59. The fourth-order valence-electron chi connectivity index (χ4n) is 2.43. The van der Waals surface area contributed by atoms with Crippen LogP contribution in [0.15, 0.2) is 51.8 Å². The van der Waals surface area contributed by atoms with Gasteiger partial charge >= 0.3 is 5.63 Å². The van der Waals surface area contributed by atoms with Gasteiger partial charge in [-0.15, -0.1) is 0 Å². The van der Waals surface area contributed by atoms with Crippen molar-refractivity contribution in [1.82, 2.24) is 9.97 Å². The van der Waals surface area contributed by atoms with Crippen molar-refractivity contribution < 1.29 is 13.2 Å². The number of rotatable bonds is 1.